The van der Waals surface area contributed by atoms with Gasteiger partial charge in [0.05, 0.1) is 29.0 Å². The van der Waals surface area contributed by atoms with Crippen LogP contribution >= 0.6 is 11.3 Å². The molecule has 0 bridgehead atoms. The van der Waals surface area contributed by atoms with Crippen molar-refractivity contribution < 1.29 is 14.6 Å². The average Bonchev–Trinajstić information content (AvgIpc) is 3.22. The number of hydrogen-bond acceptors (Lipinski definition) is 5. The molecule has 0 spiro atoms. The van der Waals surface area contributed by atoms with Crippen LogP contribution in [0.5, 0.6) is 5.75 Å². The number of fused-ring (bicyclic) bond motifs is 1. The maximum Gasteiger partial charge on any atom is 0.335 e. The smallest absolute Gasteiger partial charge is 0.335 e. The number of aromatic carboxylic acids is 1. The molecule has 4 rings (SSSR count). The van der Waals surface area contributed by atoms with Crippen molar-refractivity contribution >= 4 is 27.5 Å². The molecule has 4 aromatic rings. The average molecular weight is 461 g/mol. The molecule has 8 heteroatoms. The molecule has 2 aromatic carbocycles. The quantitative estimate of drug-likeness (QED) is 0.443. The van der Waals surface area contributed by atoms with Gasteiger partial charge in [-0.25, -0.2) is 9.59 Å². The van der Waals surface area contributed by atoms with Crippen LogP contribution in [0.3, 0.4) is 0 Å². The number of nitrogens with one attached hydrogen (secondary N) is 1. The van der Waals surface area contributed by atoms with E-state index in [0.717, 1.165) is 15.9 Å². The number of H-pyrrole nitrogens is 1. The fourth-order valence-electron chi connectivity index (χ4n) is 3.47. The first-order valence-corrected chi connectivity index (χ1v) is 10.9. The number of rotatable bonds is 5. The molecule has 1 atom stereocenters. The van der Waals surface area contributed by atoms with Gasteiger partial charge < -0.3 is 9.84 Å². The number of benzene rings is 2. The Balaban J connectivity index is 1.63. The van der Waals surface area contributed by atoms with Gasteiger partial charge in [-0.15, -0.1) is 11.3 Å². The molecule has 0 saturated carbocycles. The Morgan fingerprint density at radius 2 is 1.85 bits per heavy atom. The van der Waals surface area contributed by atoms with E-state index >= 15 is 0 Å². The van der Waals surface area contributed by atoms with Gasteiger partial charge in [0.15, 0.2) is 0 Å². The predicted molar refractivity (Wildman–Crippen MR) is 127 cm³/mol. The van der Waals surface area contributed by atoms with Crippen molar-refractivity contribution in [1.29, 1.82) is 0 Å². The maximum absolute atomic E-state index is 13.1. The predicted octanol–water partition coefficient (Wildman–Crippen LogP) is 3.66. The Bertz CT molecular complexity index is 1500. The van der Waals surface area contributed by atoms with Crippen LogP contribution in [0.1, 0.15) is 39.3 Å². The van der Waals surface area contributed by atoms with Crippen LogP contribution in [-0.2, 0) is 6.42 Å². The highest BCUT2D eigenvalue weighted by atomic mass is 32.1. The molecule has 2 N–H and O–H groups in total. The number of carbonyl (C=O) groups is 1. The van der Waals surface area contributed by atoms with Crippen LogP contribution in [0.2, 0.25) is 0 Å². The molecule has 0 saturated heterocycles. The second-order valence-electron chi connectivity index (χ2n) is 7.39. The Hall–Kier alpha value is -4.09. The molecule has 0 aliphatic heterocycles. The molecule has 0 radical (unpaired) electrons. The summed E-state index contributed by atoms with van der Waals surface area (Å²) in [6.07, 6.45) is 0.544. The highest BCUT2D eigenvalue weighted by molar-refractivity contribution is 7.19. The summed E-state index contributed by atoms with van der Waals surface area (Å²) in [5.74, 6) is 5.91. The summed E-state index contributed by atoms with van der Waals surface area (Å²) in [5.41, 5.74) is 0.896. The second-order valence-corrected chi connectivity index (χ2v) is 8.44. The summed E-state index contributed by atoms with van der Waals surface area (Å²) < 4.78 is 6.29. The van der Waals surface area contributed by atoms with Crippen molar-refractivity contribution in [1.82, 2.24) is 9.55 Å². The van der Waals surface area contributed by atoms with Crippen molar-refractivity contribution in [2.45, 2.75) is 19.4 Å². The Morgan fingerprint density at radius 3 is 2.48 bits per heavy atom. The van der Waals surface area contributed by atoms with Crippen LogP contribution in [0.15, 0.2) is 64.2 Å². The van der Waals surface area contributed by atoms with E-state index in [2.05, 4.69) is 16.8 Å². The van der Waals surface area contributed by atoms with E-state index in [1.807, 2.05) is 24.3 Å². The second kappa shape index (κ2) is 9.18. The van der Waals surface area contributed by atoms with Gasteiger partial charge in [0.2, 0.25) is 0 Å². The van der Waals surface area contributed by atoms with Crippen molar-refractivity contribution in [3.63, 3.8) is 0 Å². The third-order valence-electron chi connectivity index (χ3n) is 5.31. The van der Waals surface area contributed by atoms with Crippen LogP contribution in [0.25, 0.3) is 10.2 Å². The van der Waals surface area contributed by atoms with Crippen LogP contribution in [0, 0.1) is 11.8 Å². The van der Waals surface area contributed by atoms with Gasteiger partial charge in [-0.1, -0.05) is 36.1 Å². The zero-order chi connectivity index (χ0) is 23.5. The van der Waals surface area contributed by atoms with Crippen molar-refractivity contribution in [2.75, 3.05) is 7.11 Å². The molecule has 2 heterocycles. The summed E-state index contributed by atoms with van der Waals surface area (Å²) in [5, 5.41) is 9.45. The van der Waals surface area contributed by atoms with E-state index in [0.29, 0.717) is 27.1 Å². The van der Waals surface area contributed by atoms with Crippen LogP contribution in [-0.4, -0.2) is 27.7 Å². The van der Waals surface area contributed by atoms with Gasteiger partial charge in [-0.3, -0.25) is 14.3 Å². The highest BCUT2D eigenvalue weighted by Gasteiger charge is 2.17. The molecule has 0 amide bonds. The Labute approximate surface area is 192 Å². The van der Waals surface area contributed by atoms with Gasteiger partial charge >= 0.3 is 11.7 Å². The SMILES string of the molecule is COc1ccc(CC#Cc2cc3c(=O)n(C(C)c4ccc(C(=O)O)cc4)c(=O)[nH]c3s2)cc1. The molecular formula is C25H20N2O5S. The summed E-state index contributed by atoms with van der Waals surface area (Å²) in [6, 6.07) is 14.9. The van der Waals surface area contributed by atoms with Gasteiger partial charge in [0, 0.05) is 6.42 Å². The molecule has 0 fully saturated rings. The summed E-state index contributed by atoms with van der Waals surface area (Å²) in [6.45, 7) is 1.72. The number of aromatic amines is 1. The first-order valence-electron chi connectivity index (χ1n) is 10.1. The van der Waals surface area contributed by atoms with E-state index in [1.54, 1.807) is 32.2 Å². The van der Waals surface area contributed by atoms with Gasteiger partial charge in [0.25, 0.3) is 5.56 Å². The minimum absolute atomic E-state index is 0.137. The fraction of sp³-hybridized carbons (Fsp3) is 0.160. The molecule has 33 heavy (non-hydrogen) atoms. The Morgan fingerprint density at radius 1 is 1.15 bits per heavy atom. The fourth-order valence-corrected chi connectivity index (χ4v) is 4.38. The number of methoxy groups -OCH3 is 1. The molecule has 1 unspecified atom stereocenters. The zero-order valence-corrected chi connectivity index (χ0v) is 18.7. The van der Waals surface area contributed by atoms with Crippen LogP contribution in [0.4, 0.5) is 0 Å². The minimum Gasteiger partial charge on any atom is -0.497 e. The van der Waals surface area contributed by atoms with Gasteiger partial charge in [-0.05, 0) is 48.4 Å². The normalized spacial score (nSPS) is 11.6. The Kier molecular flexibility index (Phi) is 6.16. The zero-order valence-electron chi connectivity index (χ0n) is 17.9. The maximum atomic E-state index is 13.1. The van der Waals surface area contributed by atoms with Crippen molar-refractivity contribution in [2.24, 2.45) is 0 Å². The molecular weight excluding hydrogens is 440 g/mol. The largest absolute Gasteiger partial charge is 0.497 e. The lowest BCUT2D eigenvalue weighted by Gasteiger charge is -2.14. The number of carboxylic acids is 1. The number of nitrogens with zero attached hydrogens (tertiary/aromatic N) is 1. The highest BCUT2D eigenvalue weighted by Crippen LogP contribution is 2.21. The molecule has 7 nitrogen and oxygen atoms in total. The minimum atomic E-state index is -1.04. The number of thiophene rings is 1. The lowest BCUT2D eigenvalue weighted by Crippen LogP contribution is -2.37. The topological polar surface area (TPSA) is 101 Å². The lowest BCUT2D eigenvalue weighted by atomic mass is 10.1. The molecule has 0 aliphatic carbocycles. The first kappa shape index (κ1) is 22.1. The van der Waals surface area contributed by atoms with E-state index < -0.39 is 23.3 Å². The third-order valence-corrected chi connectivity index (χ3v) is 6.28. The number of hydrogen-bond donors (Lipinski definition) is 2. The number of aromatic nitrogens is 2. The lowest BCUT2D eigenvalue weighted by molar-refractivity contribution is 0.0697. The van der Waals surface area contributed by atoms with Crippen molar-refractivity contribution in [3.05, 3.63) is 97.0 Å². The summed E-state index contributed by atoms with van der Waals surface area (Å²) in [7, 11) is 1.62. The van der Waals surface area contributed by atoms with Crippen LogP contribution < -0.4 is 16.0 Å². The monoisotopic (exact) mass is 460 g/mol. The standard InChI is InChI=1S/C25H20N2O5S/c1-15(17-8-10-18(11-9-17)24(29)30)27-23(28)21-14-20(33-22(21)26-25(27)31)5-3-4-16-6-12-19(32-2)13-7-16/h6-15H,4H2,1-2H3,(H,26,31)(H,29,30). The summed E-state index contributed by atoms with van der Waals surface area (Å²) in [4.78, 5) is 40.8. The first-order chi connectivity index (χ1) is 15.9. The molecule has 166 valence electrons. The summed E-state index contributed by atoms with van der Waals surface area (Å²) >= 11 is 1.26. The third kappa shape index (κ3) is 4.59. The van der Waals surface area contributed by atoms with E-state index in [1.165, 1.54) is 23.5 Å². The molecule has 0 aliphatic rings. The molecule has 2 aromatic heterocycles. The van der Waals surface area contributed by atoms with Gasteiger partial charge in [-0.2, -0.15) is 0 Å². The van der Waals surface area contributed by atoms with Gasteiger partial charge in [0.1, 0.15) is 10.6 Å². The van der Waals surface area contributed by atoms with E-state index in [-0.39, 0.29) is 5.56 Å². The van der Waals surface area contributed by atoms with E-state index in [9.17, 15) is 14.4 Å². The van der Waals surface area contributed by atoms with E-state index in [4.69, 9.17) is 9.84 Å². The number of carboxylic acid groups (broad SMARTS) is 1. The van der Waals surface area contributed by atoms with Crippen molar-refractivity contribution in [3.8, 4) is 17.6 Å². The number of ether oxygens (including phenoxy) is 1.